The van der Waals surface area contributed by atoms with E-state index < -0.39 is 0 Å². The van der Waals surface area contributed by atoms with Gasteiger partial charge in [0.2, 0.25) is 0 Å². The van der Waals surface area contributed by atoms with E-state index >= 15 is 0 Å². The number of rotatable bonds is 5. The molecule has 0 unspecified atom stereocenters. The maximum absolute atomic E-state index is 4.35. The largest absolute Gasteiger partial charge is 0.156 e. The van der Waals surface area contributed by atoms with E-state index in [-0.39, 0.29) is 0 Å². The minimum absolute atomic E-state index is 0.667. The van der Waals surface area contributed by atoms with Crippen LogP contribution in [0.15, 0.2) is 12.1 Å². The predicted octanol–water partition coefficient (Wildman–Crippen LogP) is 4.64. The van der Waals surface area contributed by atoms with Gasteiger partial charge >= 0.3 is 0 Å². The molecule has 100 valence electrons. The first-order valence-electron chi connectivity index (χ1n) is 7.59. The Kier molecular flexibility index (Phi) is 5.15. The monoisotopic (exact) mass is 246 g/mol. The van der Waals surface area contributed by atoms with Gasteiger partial charge < -0.3 is 0 Å². The average Bonchev–Trinajstić information content (AvgIpc) is 2.41. The Hall–Kier alpha value is -0.920. The molecule has 0 aromatic carbocycles. The third kappa shape index (κ3) is 3.79. The van der Waals surface area contributed by atoms with Crippen molar-refractivity contribution in [3.63, 3.8) is 0 Å². The van der Waals surface area contributed by atoms with E-state index in [2.05, 4.69) is 29.3 Å². The SMILES string of the molecule is CCCCCC1CCC(c2ccc(C)nn2)CC1. The van der Waals surface area contributed by atoms with Gasteiger partial charge in [0.15, 0.2) is 0 Å². The number of nitrogens with zero attached hydrogens (tertiary/aromatic N) is 2. The number of hydrogen-bond donors (Lipinski definition) is 0. The zero-order chi connectivity index (χ0) is 12.8. The number of aryl methyl sites for hydroxylation is 1. The molecule has 0 spiro atoms. The van der Waals surface area contributed by atoms with Crippen LogP contribution < -0.4 is 0 Å². The quantitative estimate of drug-likeness (QED) is 0.707. The van der Waals surface area contributed by atoms with Gasteiger partial charge in [0, 0.05) is 5.92 Å². The summed E-state index contributed by atoms with van der Waals surface area (Å²) in [5.74, 6) is 1.65. The highest BCUT2D eigenvalue weighted by molar-refractivity contribution is 5.10. The summed E-state index contributed by atoms with van der Waals surface area (Å²) in [4.78, 5) is 0. The van der Waals surface area contributed by atoms with Gasteiger partial charge in [-0.05, 0) is 50.7 Å². The summed E-state index contributed by atoms with van der Waals surface area (Å²) < 4.78 is 0. The van der Waals surface area contributed by atoms with E-state index in [0.717, 1.165) is 11.6 Å². The molecule has 0 amide bonds. The van der Waals surface area contributed by atoms with Crippen molar-refractivity contribution in [2.24, 2.45) is 5.92 Å². The zero-order valence-corrected chi connectivity index (χ0v) is 11.9. The van der Waals surface area contributed by atoms with Gasteiger partial charge in [-0.1, -0.05) is 32.6 Å². The normalized spacial score (nSPS) is 24.1. The van der Waals surface area contributed by atoms with E-state index in [1.54, 1.807) is 0 Å². The standard InChI is InChI=1S/C16H26N2/c1-3-4-5-6-14-8-10-15(11-9-14)16-12-7-13(2)17-18-16/h7,12,14-15H,3-6,8-11H2,1-2H3. The van der Waals surface area contributed by atoms with E-state index in [1.165, 1.54) is 57.1 Å². The third-order valence-electron chi connectivity index (χ3n) is 4.30. The first-order chi connectivity index (χ1) is 8.79. The Morgan fingerprint density at radius 1 is 1.06 bits per heavy atom. The summed E-state index contributed by atoms with van der Waals surface area (Å²) in [6.07, 6.45) is 11.0. The van der Waals surface area contributed by atoms with Crippen LogP contribution in [0.2, 0.25) is 0 Å². The van der Waals surface area contributed by atoms with Crippen LogP contribution in [0.25, 0.3) is 0 Å². The second-order valence-corrected chi connectivity index (χ2v) is 5.81. The Morgan fingerprint density at radius 3 is 2.44 bits per heavy atom. The van der Waals surface area contributed by atoms with Gasteiger partial charge in [0.25, 0.3) is 0 Å². The molecule has 1 aromatic heterocycles. The molecular weight excluding hydrogens is 220 g/mol. The van der Waals surface area contributed by atoms with Crippen LogP contribution >= 0.6 is 0 Å². The molecule has 2 heteroatoms. The fourth-order valence-electron chi connectivity index (χ4n) is 3.06. The lowest BCUT2D eigenvalue weighted by atomic mass is 9.78. The third-order valence-corrected chi connectivity index (χ3v) is 4.30. The molecule has 0 atom stereocenters. The molecule has 1 aliphatic rings. The van der Waals surface area contributed by atoms with Crippen LogP contribution in [-0.4, -0.2) is 10.2 Å². The zero-order valence-electron chi connectivity index (χ0n) is 11.9. The van der Waals surface area contributed by atoms with Crippen LogP contribution in [0.1, 0.15) is 75.6 Å². The molecule has 0 N–H and O–H groups in total. The van der Waals surface area contributed by atoms with Crippen molar-refractivity contribution >= 4 is 0 Å². The average molecular weight is 246 g/mol. The van der Waals surface area contributed by atoms with E-state index in [9.17, 15) is 0 Å². The summed E-state index contributed by atoms with van der Waals surface area (Å²) >= 11 is 0. The van der Waals surface area contributed by atoms with Gasteiger partial charge in [-0.3, -0.25) is 0 Å². The Labute approximate surface area is 111 Å². The fraction of sp³-hybridized carbons (Fsp3) is 0.750. The molecule has 0 radical (unpaired) electrons. The maximum atomic E-state index is 4.35. The van der Waals surface area contributed by atoms with Gasteiger partial charge in [0.1, 0.15) is 0 Å². The minimum Gasteiger partial charge on any atom is -0.156 e. The molecule has 1 fully saturated rings. The van der Waals surface area contributed by atoms with Crippen LogP contribution in [0.4, 0.5) is 0 Å². The predicted molar refractivity (Wildman–Crippen MR) is 75.6 cm³/mol. The van der Waals surface area contributed by atoms with Crippen molar-refractivity contribution in [1.82, 2.24) is 10.2 Å². The van der Waals surface area contributed by atoms with Crippen LogP contribution in [0.3, 0.4) is 0 Å². The minimum atomic E-state index is 0.667. The first kappa shape index (κ1) is 13.5. The molecule has 0 aliphatic heterocycles. The highest BCUT2D eigenvalue weighted by Gasteiger charge is 2.22. The highest BCUT2D eigenvalue weighted by Crippen LogP contribution is 2.36. The Bertz CT molecular complexity index is 337. The van der Waals surface area contributed by atoms with Crippen molar-refractivity contribution in [2.75, 3.05) is 0 Å². The second kappa shape index (κ2) is 6.86. The summed E-state index contributed by atoms with van der Waals surface area (Å²) in [6.45, 7) is 4.29. The van der Waals surface area contributed by atoms with E-state index in [1.807, 2.05) is 6.92 Å². The lowest BCUT2D eigenvalue weighted by Crippen LogP contribution is -2.14. The maximum Gasteiger partial charge on any atom is 0.0662 e. The van der Waals surface area contributed by atoms with Gasteiger partial charge in [-0.2, -0.15) is 10.2 Å². The van der Waals surface area contributed by atoms with Crippen molar-refractivity contribution < 1.29 is 0 Å². The Balaban J connectivity index is 1.77. The number of aromatic nitrogens is 2. The summed E-state index contributed by atoms with van der Waals surface area (Å²) in [5, 5.41) is 8.54. The number of hydrogen-bond acceptors (Lipinski definition) is 2. The molecule has 0 bridgehead atoms. The molecule has 18 heavy (non-hydrogen) atoms. The molecule has 1 saturated carbocycles. The van der Waals surface area contributed by atoms with Crippen LogP contribution in [-0.2, 0) is 0 Å². The van der Waals surface area contributed by atoms with Crippen molar-refractivity contribution in [3.8, 4) is 0 Å². The molecule has 1 aliphatic carbocycles. The van der Waals surface area contributed by atoms with Gasteiger partial charge in [-0.15, -0.1) is 0 Å². The van der Waals surface area contributed by atoms with Gasteiger partial charge in [-0.25, -0.2) is 0 Å². The van der Waals surface area contributed by atoms with E-state index in [4.69, 9.17) is 0 Å². The molecule has 2 rings (SSSR count). The molecular formula is C16H26N2. The fourth-order valence-corrected chi connectivity index (χ4v) is 3.06. The topological polar surface area (TPSA) is 25.8 Å². The molecule has 1 aromatic rings. The Morgan fingerprint density at radius 2 is 1.83 bits per heavy atom. The van der Waals surface area contributed by atoms with Crippen molar-refractivity contribution in [3.05, 3.63) is 23.5 Å². The molecule has 2 nitrogen and oxygen atoms in total. The summed E-state index contributed by atoms with van der Waals surface area (Å²) in [7, 11) is 0. The van der Waals surface area contributed by atoms with Gasteiger partial charge in [0.05, 0.1) is 11.4 Å². The van der Waals surface area contributed by atoms with Crippen LogP contribution in [0.5, 0.6) is 0 Å². The number of unbranched alkanes of at least 4 members (excludes halogenated alkanes) is 2. The second-order valence-electron chi connectivity index (χ2n) is 5.81. The molecule has 0 saturated heterocycles. The molecule has 1 heterocycles. The highest BCUT2D eigenvalue weighted by atomic mass is 15.1. The first-order valence-corrected chi connectivity index (χ1v) is 7.59. The van der Waals surface area contributed by atoms with Crippen LogP contribution in [0, 0.1) is 12.8 Å². The lowest BCUT2D eigenvalue weighted by molar-refractivity contribution is 0.299. The summed E-state index contributed by atoms with van der Waals surface area (Å²) in [6, 6.07) is 4.26. The van der Waals surface area contributed by atoms with Crippen molar-refractivity contribution in [1.29, 1.82) is 0 Å². The van der Waals surface area contributed by atoms with Crippen molar-refractivity contribution in [2.45, 2.75) is 71.1 Å². The van der Waals surface area contributed by atoms with E-state index in [0.29, 0.717) is 5.92 Å². The smallest absolute Gasteiger partial charge is 0.0662 e. The lowest BCUT2D eigenvalue weighted by Gasteiger charge is -2.27. The summed E-state index contributed by atoms with van der Waals surface area (Å²) in [5.41, 5.74) is 2.24.